The molecule has 1 atom stereocenters. The fourth-order valence-corrected chi connectivity index (χ4v) is 3.52. The van der Waals surface area contributed by atoms with Crippen molar-refractivity contribution >= 4 is 29.1 Å². The number of hydrogen-bond acceptors (Lipinski definition) is 3. The van der Waals surface area contributed by atoms with Crippen molar-refractivity contribution in [2.75, 3.05) is 13.2 Å². The molecule has 0 amide bonds. The third-order valence-corrected chi connectivity index (χ3v) is 4.82. The van der Waals surface area contributed by atoms with Crippen molar-refractivity contribution in [2.45, 2.75) is 6.04 Å². The highest BCUT2D eigenvalue weighted by Gasteiger charge is 2.25. The van der Waals surface area contributed by atoms with E-state index in [9.17, 15) is 8.78 Å². The first-order chi connectivity index (χ1) is 14.0. The van der Waals surface area contributed by atoms with E-state index in [0.717, 1.165) is 11.1 Å². The molecule has 0 saturated carbocycles. The van der Waals surface area contributed by atoms with E-state index in [2.05, 4.69) is 4.99 Å². The van der Waals surface area contributed by atoms with E-state index in [0.29, 0.717) is 15.8 Å². The summed E-state index contributed by atoms with van der Waals surface area (Å²) in [5, 5.41) is 1.13. The van der Waals surface area contributed by atoms with Gasteiger partial charge < -0.3 is 9.47 Å². The lowest BCUT2D eigenvalue weighted by atomic mass is 10.1. The average molecular weight is 434 g/mol. The molecule has 0 N–H and O–H groups in total. The van der Waals surface area contributed by atoms with Crippen LogP contribution in [0.5, 0.6) is 5.75 Å². The van der Waals surface area contributed by atoms with E-state index in [1.54, 1.807) is 6.07 Å². The molecule has 4 rings (SSSR count). The Morgan fingerprint density at radius 3 is 2.24 bits per heavy atom. The van der Waals surface area contributed by atoms with Crippen LogP contribution in [0.4, 0.5) is 8.78 Å². The highest BCUT2D eigenvalue weighted by atomic mass is 35.5. The van der Waals surface area contributed by atoms with Gasteiger partial charge >= 0.3 is 0 Å². The van der Waals surface area contributed by atoms with Gasteiger partial charge in [0, 0.05) is 10.0 Å². The number of benzene rings is 3. The lowest BCUT2D eigenvalue weighted by Crippen LogP contribution is -2.16. The fraction of sp³-hybridized carbons (Fsp3) is 0.136. The summed E-state index contributed by atoms with van der Waals surface area (Å²) in [7, 11) is 0. The van der Waals surface area contributed by atoms with Gasteiger partial charge in [-0.15, -0.1) is 0 Å². The van der Waals surface area contributed by atoms with E-state index in [1.165, 1.54) is 18.2 Å². The Hall–Kier alpha value is -2.63. The monoisotopic (exact) mass is 433 g/mol. The SMILES string of the molecule is Fc1cccc(F)c1C1=NC(COc2ccc(-c3cc(Cl)cc(Cl)c3)cc2)CO1. The van der Waals surface area contributed by atoms with Crippen LogP contribution in [-0.4, -0.2) is 25.2 Å². The average Bonchev–Trinajstić information content (AvgIpc) is 3.14. The molecular formula is C22H15Cl2F2NO2. The normalized spacial score (nSPS) is 15.7. The van der Waals surface area contributed by atoms with E-state index < -0.39 is 11.6 Å². The minimum Gasteiger partial charge on any atom is -0.491 e. The second kappa shape index (κ2) is 8.39. The van der Waals surface area contributed by atoms with Gasteiger partial charge in [-0.1, -0.05) is 41.4 Å². The molecule has 1 aliphatic rings. The number of hydrogen-bond donors (Lipinski definition) is 0. The Morgan fingerprint density at radius 1 is 0.931 bits per heavy atom. The highest BCUT2D eigenvalue weighted by molar-refractivity contribution is 6.35. The molecule has 0 aliphatic carbocycles. The first-order valence-corrected chi connectivity index (χ1v) is 9.59. The number of ether oxygens (including phenoxy) is 2. The lowest BCUT2D eigenvalue weighted by molar-refractivity contribution is 0.242. The summed E-state index contributed by atoms with van der Waals surface area (Å²) in [6, 6.07) is 16.1. The predicted molar refractivity (Wildman–Crippen MR) is 110 cm³/mol. The summed E-state index contributed by atoms with van der Waals surface area (Å²) >= 11 is 12.1. The zero-order valence-corrected chi connectivity index (χ0v) is 16.6. The number of halogens is 4. The van der Waals surface area contributed by atoms with Gasteiger partial charge in [0.05, 0.1) is 0 Å². The molecule has 0 saturated heterocycles. The molecule has 3 aromatic rings. The highest BCUT2D eigenvalue weighted by Crippen LogP contribution is 2.28. The molecule has 0 aromatic heterocycles. The van der Waals surface area contributed by atoms with Crippen LogP contribution in [0.3, 0.4) is 0 Å². The van der Waals surface area contributed by atoms with Crippen molar-refractivity contribution in [3.8, 4) is 16.9 Å². The molecule has 0 spiro atoms. The van der Waals surface area contributed by atoms with Crippen LogP contribution in [0.2, 0.25) is 10.0 Å². The lowest BCUT2D eigenvalue weighted by Gasteiger charge is -2.10. The summed E-state index contributed by atoms with van der Waals surface area (Å²) in [6.45, 7) is 0.421. The van der Waals surface area contributed by atoms with Crippen molar-refractivity contribution in [1.29, 1.82) is 0 Å². The quantitative estimate of drug-likeness (QED) is 0.482. The van der Waals surface area contributed by atoms with Gasteiger partial charge in [-0.2, -0.15) is 0 Å². The second-order valence-electron chi connectivity index (χ2n) is 6.49. The summed E-state index contributed by atoms with van der Waals surface area (Å²) < 4.78 is 38.8. The third-order valence-electron chi connectivity index (χ3n) is 4.38. The molecule has 0 bridgehead atoms. The number of aliphatic imine (C=N–C) groups is 1. The van der Waals surface area contributed by atoms with Gasteiger partial charge in [0.15, 0.2) is 0 Å². The van der Waals surface area contributed by atoms with E-state index in [4.69, 9.17) is 32.7 Å². The molecule has 1 aliphatic heterocycles. The Labute approximate surface area is 176 Å². The molecule has 29 heavy (non-hydrogen) atoms. The van der Waals surface area contributed by atoms with Gasteiger partial charge in [0.1, 0.15) is 42.2 Å². The maximum absolute atomic E-state index is 13.9. The maximum atomic E-state index is 13.9. The standard InChI is InChI=1S/C22H15Cl2F2NO2/c23-15-8-14(9-16(24)10-15)13-4-6-18(7-5-13)28-11-17-12-29-22(27-17)21-19(25)2-1-3-20(21)26/h1-10,17H,11-12H2. The van der Waals surface area contributed by atoms with Crippen molar-refractivity contribution in [3.63, 3.8) is 0 Å². The molecular weight excluding hydrogens is 419 g/mol. The van der Waals surface area contributed by atoms with Crippen LogP contribution in [0.1, 0.15) is 5.56 Å². The predicted octanol–water partition coefficient (Wildman–Crippen LogP) is 6.16. The molecule has 3 nitrogen and oxygen atoms in total. The van der Waals surface area contributed by atoms with Crippen molar-refractivity contribution in [2.24, 2.45) is 4.99 Å². The summed E-state index contributed by atoms with van der Waals surface area (Å²) in [4.78, 5) is 4.24. The molecule has 0 fully saturated rings. The minimum absolute atomic E-state index is 0.0395. The molecule has 1 heterocycles. The molecule has 0 radical (unpaired) electrons. The second-order valence-corrected chi connectivity index (χ2v) is 7.36. The fourth-order valence-electron chi connectivity index (χ4n) is 3.00. The Kier molecular flexibility index (Phi) is 5.69. The first kappa shape index (κ1) is 19.7. The van der Waals surface area contributed by atoms with Crippen LogP contribution in [0.25, 0.3) is 11.1 Å². The smallest absolute Gasteiger partial charge is 0.222 e. The molecule has 7 heteroatoms. The van der Waals surface area contributed by atoms with E-state index >= 15 is 0 Å². The Bertz CT molecular complexity index is 1030. The summed E-state index contributed by atoms with van der Waals surface area (Å²) in [6.07, 6.45) is 0. The van der Waals surface area contributed by atoms with Crippen molar-refractivity contribution < 1.29 is 18.3 Å². The van der Waals surface area contributed by atoms with Gasteiger partial charge in [-0.3, -0.25) is 0 Å². The van der Waals surface area contributed by atoms with Crippen LogP contribution in [0.15, 0.2) is 65.7 Å². The van der Waals surface area contributed by atoms with Crippen molar-refractivity contribution in [3.05, 3.63) is 87.9 Å². The zero-order chi connectivity index (χ0) is 20.4. The summed E-state index contributed by atoms with van der Waals surface area (Å²) in [5.74, 6) is -0.811. The van der Waals surface area contributed by atoms with Crippen LogP contribution < -0.4 is 4.74 Å². The van der Waals surface area contributed by atoms with E-state index in [1.807, 2.05) is 36.4 Å². The largest absolute Gasteiger partial charge is 0.491 e. The van der Waals surface area contributed by atoms with Crippen molar-refractivity contribution in [1.82, 2.24) is 0 Å². The summed E-state index contributed by atoms with van der Waals surface area (Å²) in [5.41, 5.74) is 1.60. The zero-order valence-electron chi connectivity index (χ0n) is 15.0. The maximum Gasteiger partial charge on any atom is 0.222 e. The third kappa shape index (κ3) is 4.52. The molecule has 148 valence electrons. The first-order valence-electron chi connectivity index (χ1n) is 8.84. The van der Waals surface area contributed by atoms with Gasteiger partial charge in [-0.05, 0) is 53.6 Å². The number of rotatable bonds is 5. The molecule has 3 aromatic carbocycles. The Balaban J connectivity index is 1.41. The van der Waals surface area contributed by atoms with Gasteiger partial charge in [0.25, 0.3) is 0 Å². The Morgan fingerprint density at radius 2 is 1.59 bits per heavy atom. The van der Waals surface area contributed by atoms with Crippen LogP contribution in [0, 0.1) is 11.6 Å². The minimum atomic E-state index is -0.706. The van der Waals surface area contributed by atoms with Crippen LogP contribution >= 0.6 is 23.2 Å². The molecule has 1 unspecified atom stereocenters. The van der Waals surface area contributed by atoms with Gasteiger partial charge in [0.2, 0.25) is 5.90 Å². The van der Waals surface area contributed by atoms with Gasteiger partial charge in [-0.25, -0.2) is 13.8 Å². The van der Waals surface area contributed by atoms with Crippen LogP contribution in [-0.2, 0) is 4.74 Å². The topological polar surface area (TPSA) is 30.8 Å². The number of nitrogens with zero attached hydrogens (tertiary/aromatic N) is 1. The van der Waals surface area contributed by atoms with E-state index in [-0.39, 0.29) is 30.7 Å².